The lowest BCUT2D eigenvalue weighted by Crippen LogP contribution is -2.51. The number of nitrogens with one attached hydrogen (secondary N) is 1. The van der Waals surface area contributed by atoms with Crippen molar-refractivity contribution in [1.82, 2.24) is 5.32 Å². The molecule has 0 saturated heterocycles. The van der Waals surface area contributed by atoms with E-state index in [0.717, 1.165) is 25.8 Å². The number of rotatable bonds is 6. The molecule has 0 aromatic carbocycles. The molecule has 2 saturated carbocycles. The molecule has 2 aliphatic rings. The SMILES string of the molecule is CCCNC1(CC(=O)OCC)CCC2(CCCC2)CC1. The van der Waals surface area contributed by atoms with Gasteiger partial charge in [0.1, 0.15) is 0 Å². The summed E-state index contributed by atoms with van der Waals surface area (Å²) in [6, 6.07) is 0. The molecule has 3 nitrogen and oxygen atoms in total. The summed E-state index contributed by atoms with van der Waals surface area (Å²) >= 11 is 0. The van der Waals surface area contributed by atoms with Crippen LogP contribution in [-0.2, 0) is 9.53 Å². The van der Waals surface area contributed by atoms with Crippen LogP contribution in [0.15, 0.2) is 0 Å². The smallest absolute Gasteiger partial charge is 0.307 e. The lowest BCUT2D eigenvalue weighted by molar-refractivity contribution is -0.145. The summed E-state index contributed by atoms with van der Waals surface area (Å²) in [4.78, 5) is 11.9. The molecular weight excluding hydrogens is 250 g/mol. The van der Waals surface area contributed by atoms with Crippen molar-refractivity contribution in [2.24, 2.45) is 5.41 Å². The van der Waals surface area contributed by atoms with Crippen molar-refractivity contribution in [3.05, 3.63) is 0 Å². The van der Waals surface area contributed by atoms with Crippen molar-refractivity contribution in [3.63, 3.8) is 0 Å². The first-order chi connectivity index (χ1) is 9.64. The van der Waals surface area contributed by atoms with E-state index in [4.69, 9.17) is 4.74 Å². The second-order valence-electron chi connectivity index (χ2n) is 6.90. The van der Waals surface area contributed by atoms with Crippen molar-refractivity contribution in [3.8, 4) is 0 Å². The molecule has 0 aliphatic heterocycles. The number of carbonyl (C=O) groups excluding carboxylic acids is 1. The van der Waals surface area contributed by atoms with E-state index in [1.807, 2.05) is 6.92 Å². The van der Waals surface area contributed by atoms with Crippen LogP contribution in [0.1, 0.15) is 78.1 Å². The Balaban J connectivity index is 1.96. The maximum Gasteiger partial charge on any atom is 0.307 e. The van der Waals surface area contributed by atoms with Crippen LogP contribution < -0.4 is 5.32 Å². The van der Waals surface area contributed by atoms with Gasteiger partial charge in [-0.05, 0) is 63.8 Å². The molecule has 0 bridgehead atoms. The van der Waals surface area contributed by atoms with Gasteiger partial charge in [0.05, 0.1) is 13.0 Å². The Morgan fingerprint density at radius 1 is 1.05 bits per heavy atom. The van der Waals surface area contributed by atoms with E-state index < -0.39 is 0 Å². The molecule has 0 amide bonds. The van der Waals surface area contributed by atoms with E-state index >= 15 is 0 Å². The zero-order valence-electron chi connectivity index (χ0n) is 13.3. The summed E-state index contributed by atoms with van der Waals surface area (Å²) in [6.07, 6.45) is 12.2. The molecule has 0 atom stereocenters. The molecule has 20 heavy (non-hydrogen) atoms. The van der Waals surface area contributed by atoms with Crippen molar-refractivity contribution in [2.45, 2.75) is 83.6 Å². The minimum atomic E-state index is -0.0292. The Labute approximate surface area is 123 Å². The molecule has 2 rings (SSSR count). The molecule has 1 N–H and O–H groups in total. The van der Waals surface area contributed by atoms with Crippen molar-refractivity contribution in [1.29, 1.82) is 0 Å². The summed E-state index contributed by atoms with van der Waals surface area (Å²) in [5.41, 5.74) is 0.627. The van der Waals surface area contributed by atoms with Crippen LogP contribution in [0.5, 0.6) is 0 Å². The lowest BCUT2D eigenvalue weighted by Gasteiger charge is -2.45. The molecule has 0 radical (unpaired) electrons. The molecule has 2 aliphatic carbocycles. The topological polar surface area (TPSA) is 38.3 Å². The Morgan fingerprint density at radius 3 is 2.25 bits per heavy atom. The standard InChI is InChI=1S/C17H31NO2/c1-3-13-18-17(14-15(19)20-4-2)11-9-16(10-12-17)7-5-6-8-16/h18H,3-14H2,1-2H3. The molecular formula is C17H31NO2. The van der Waals surface area contributed by atoms with Gasteiger partial charge < -0.3 is 10.1 Å². The molecule has 0 aromatic heterocycles. The second kappa shape index (κ2) is 6.93. The average molecular weight is 281 g/mol. The van der Waals surface area contributed by atoms with Crippen LogP contribution in [0.25, 0.3) is 0 Å². The van der Waals surface area contributed by atoms with Crippen molar-refractivity contribution < 1.29 is 9.53 Å². The molecule has 1 spiro atoms. The maximum absolute atomic E-state index is 11.9. The first-order valence-electron chi connectivity index (χ1n) is 8.54. The monoisotopic (exact) mass is 281 g/mol. The van der Waals surface area contributed by atoms with E-state index in [1.165, 1.54) is 38.5 Å². The van der Waals surface area contributed by atoms with Crippen LogP contribution in [0.4, 0.5) is 0 Å². The number of hydrogen-bond donors (Lipinski definition) is 1. The highest BCUT2D eigenvalue weighted by Crippen LogP contribution is 2.51. The summed E-state index contributed by atoms with van der Waals surface area (Å²) < 4.78 is 5.19. The fourth-order valence-corrected chi connectivity index (χ4v) is 4.18. The molecule has 3 heteroatoms. The van der Waals surface area contributed by atoms with Gasteiger partial charge in [0.25, 0.3) is 0 Å². The largest absolute Gasteiger partial charge is 0.466 e. The van der Waals surface area contributed by atoms with Crippen molar-refractivity contribution in [2.75, 3.05) is 13.2 Å². The van der Waals surface area contributed by atoms with Gasteiger partial charge in [-0.1, -0.05) is 19.8 Å². The fourth-order valence-electron chi connectivity index (χ4n) is 4.18. The van der Waals surface area contributed by atoms with Crippen LogP contribution in [0.2, 0.25) is 0 Å². The van der Waals surface area contributed by atoms with Gasteiger partial charge in [0.2, 0.25) is 0 Å². The maximum atomic E-state index is 11.9. The van der Waals surface area contributed by atoms with Gasteiger partial charge in [-0.3, -0.25) is 4.79 Å². The van der Waals surface area contributed by atoms with Gasteiger partial charge in [-0.15, -0.1) is 0 Å². The first kappa shape index (κ1) is 15.8. The quantitative estimate of drug-likeness (QED) is 0.752. The molecule has 0 heterocycles. The van der Waals surface area contributed by atoms with Gasteiger partial charge in [0, 0.05) is 5.54 Å². The van der Waals surface area contributed by atoms with Gasteiger partial charge in [-0.25, -0.2) is 0 Å². The first-order valence-corrected chi connectivity index (χ1v) is 8.54. The Morgan fingerprint density at radius 2 is 1.70 bits per heavy atom. The minimum absolute atomic E-state index is 0.0100. The summed E-state index contributed by atoms with van der Waals surface area (Å²) in [5.74, 6) is -0.0292. The normalized spacial score (nSPS) is 23.9. The fraction of sp³-hybridized carbons (Fsp3) is 0.941. The van der Waals surface area contributed by atoms with Crippen LogP contribution >= 0.6 is 0 Å². The summed E-state index contributed by atoms with van der Waals surface area (Å²) in [7, 11) is 0. The van der Waals surface area contributed by atoms with Crippen molar-refractivity contribution >= 4 is 5.97 Å². The van der Waals surface area contributed by atoms with Crippen LogP contribution in [0.3, 0.4) is 0 Å². The van der Waals surface area contributed by atoms with E-state index in [-0.39, 0.29) is 11.5 Å². The average Bonchev–Trinajstić information content (AvgIpc) is 2.89. The van der Waals surface area contributed by atoms with Gasteiger partial charge in [0.15, 0.2) is 0 Å². The van der Waals surface area contributed by atoms with Crippen LogP contribution in [-0.4, -0.2) is 24.7 Å². The van der Waals surface area contributed by atoms with Gasteiger partial charge >= 0.3 is 5.97 Å². The summed E-state index contributed by atoms with van der Waals surface area (Å²) in [5, 5.41) is 3.68. The Bertz CT molecular complexity index is 311. The molecule has 0 unspecified atom stereocenters. The third kappa shape index (κ3) is 3.75. The Hall–Kier alpha value is -0.570. The van der Waals surface area contributed by atoms with E-state index in [1.54, 1.807) is 0 Å². The molecule has 0 aromatic rings. The number of carbonyl (C=O) groups is 1. The predicted octanol–water partition coefficient (Wildman–Crippen LogP) is 3.81. The highest BCUT2D eigenvalue weighted by Gasteiger charge is 2.44. The second-order valence-corrected chi connectivity index (χ2v) is 6.90. The number of esters is 1. The number of ether oxygens (including phenoxy) is 1. The zero-order valence-corrected chi connectivity index (χ0v) is 13.3. The van der Waals surface area contributed by atoms with E-state index in [9.17, 15) is 4.79 Å². The molecule has 116 valence electrons. The van der Waals surface area contributed by atoms with Crippen LogP contribution in [0, 0.1) is 5.41 Å². The predicted molar refractivity (Wildman–Crippen MR) is 81.6 cm³/mol. The van der Waals surface area contributed by atoms with Gasteiger partial charge in [-0.2, -0.15) is 0 Å². The zero-order chi connectivity index (χ0) is 14.5. The highest BCUT2D eigenvalue weighted by atomic mass is 16.5. The van der Waals surface area contributed by atoms with E-state index in [2.05, 4.69) is 12.2 Å². The minimum Gasteiger partial charge on any atom is -0.466 e. The number of hydrogen-bond acceptors (Lipinski definition) is 3. The third-order valence-corrected chi connectivity index (χ3v) is 5.47. The third-order valence-electron chi connectivity index (χ3n) is 5.47. The van der Waals surface area contributed by atoms with E-state index in [0.29, 0.717) is 18.4 Å². The highest BCUT2D eigenvalue weighted by molar-refractivity contribution is 5.71. The molecule has 2 fully saturated rings. The lowest BCUT2D eigenvalue weighted by atomic mass is 9.65. The summed E-state index contributed by atoms with van der Waals surface area (Å²) in [6.45, 7) is 5.57. The Kier molecular flexibility index (Phi) is 5.48.